The van der Waals surface area contributed by atoms with Crippen molar-refractivity contribution in [2.45, 2.75) is 34.1 Å². The zero-order valence-electron chi connectivity index (χ0n) is 12.0. The summed E-state index contributed by atoms with van der Waals surface area (Å²) >= 11 is 0. The zero-order valence-corrected chi connectivity index (χ0v) is 12.0. The van der Waals surface area contributed by atoms with Crippen molar-refractivity contribution in [2.75, 3.05) is 13.6 Å². The van der Waals surface area contributed by atoms with Crippen molar-refractivity contribution in [3.8, 4) is 5.75 Å². The first-order valence-corrected chi connectivity index (χ1v) is 6.44. The molecule has 18 heavy (non-hydrogen) atoms. The molecule has 1 aromatic rings. The van der Waals surface area contributed by atoms with Gasteiger partial charge < -0.3 is 4.84 Å². The fourth-order valence-electron chi connectivity index (χ4n) is 1.46. The van der Waals surface area contributed by atoms with Gasteiger partial charge in [0, 0.05) is 24.6 Å². The van der Waals surface area contributed by atoms with Crippen molar-refractivity contribution in [3.05, 3.63) is 29.8 Å². The van der Waals surface area contributed by atoms with E-state index in [2.05, 4.69) is 0 Å². The van der Waals surface area contributed by atoms with E-state index in [4.69, 9.17) is 4.84 Å². The molecule has 0 heterocycles. The zero-order chi connectivity index (χ0) is 13.8. The molecule has 3 nitrogen and oxygen atoms in total. The molecule has 0 aromatic heterocycles. The van der Waals surface area contributed by atoms with Crippen LogP contribution in [0.4, 0.5) is 0 Å². The van der Waals surface area contributed by atoms with Crippen LogP contribution >= 0.6 is 0 Å². The number of nitrogens with zero attached hydrogens (tertiary/aromatic N) is 1. The van der Waals surface area contributed by atoms with Crippen molar-refractivity contribution in [1.82, 2.24) is 5.06 Å². The molecule has 0 bridgehead atoms. The monoisotopic (exact) mass is 249 g/mol. The van der Waals surface area contributed by atoms with Gasteiger partial charge >= 0.3 is 0 Å². The third-order valence-corrected chi connectivity index (χ3v) is 3.32. The summed E-state index contributed by atoms with van der Waals surface area (Å²) < 4.78 is 0. The van der Waals surface area contributed by atoms with E-state index >= 15 is 0 Å². The minimum atomic E-state index is -0.303. The average molecular weight is 249 g/mol. The van der Waals surface area contributed by atoms with E-state index in [1.165, 1.54) is 0 Å². The SMILES string of the molecule is CCN(C)Oc1ccc(C(=O)C(C)(C)CC)cc1. The summed E-state index contributed by atoms with van der Waals surface area (Å²) in [5.41, 5.74) is 0.441. The molecule has 0 amide bonds. The maximum absolute atomic E-state index is 12.2. The van der Waals surface area contributed by atoms with Crippen molar-refractivity contribution >= 4 is 5.78 Å². The second kappa shape index (κ2) is 6.01. The van der Waals surface area contributed by atoms with Gasteiger partial charge in [-0.25, -0.2) is 0 Å². The van der Waals surface area contributed by atoms with Gasteiger partial charge in [-0.3, -0.25) is 4.79 Å². The number of carbonyl (C=O) groups excluding carboxylic acids is 1. The van der Waals surface area contributed by atoms with E-state index in [1.807, 2.05) is 59.0 Å². The molecule has 0 spiro atoms. The number of benzene rings is 1. The molecule has 0 saturated heterocycles. The highest BCUT2D eigenvalue weighted by Crippen LogP contribution is 2.26. The predicted octanol–water partition coefficient (Wildman–Crippen LogP) is 3.55. The molecule has 0 saturated carbocycles. The number of rotatable bonds is 6. The van der Waals surface area contributed by atoms with Crippen LogP contribution in [0.1, 0.15) is 44.5 Å². The molecule has 1 aromatic carbocycles. The Morgan fingerprint density at radius 1 is 1.22 bits per heavy atom. The molecule has 0 atom stereocenters. The van der Waals surface area contributed by atoms with Crippen molar-refractivity contribution < 1.29 is 9.63 Å². The molecule has 0 fully saturated rings. The Kier molecular flexibility index (Phi) is 4.91. The molecule has 100 valence electrons. The van der Waals surface area contributed by atoms with Crippen LogP contribution in [0, 0.1) is 5.41 Å². The smallest absolute Gasteiger partial charge is 0.168 e. The van der Waals surface area contributed by atoms with Gasteiger partial charge in [-0.05, 0) is 37.6 Å². The van der Waals surface area contributed by atoms with Gasteiger partial charge in [0.1, 0.15) is 5.75 Å². The first-order chi connectivity index (χ1) is 8.40. The molecular formula is C15H23NO2. The second-order valence-electron chi connectivity index (χ2n) is 5.13. The van der Waals surface area contributed by atoms with Crippen LogP contribution in [0.15, 0.2) is 24.3 Å². The molecule has 0 N–H and O–H groups in total. The summed E-state index contributed by atoms with van der Waals surface area (Å²) in [6, 6.07) is 7.34. The standard InChI is InChI=1S/C15H23NO2/c1-6-15(3,4)14(17)12-8-10-13(11-9-12)18-16(5)7-2/h8-11H,6-7H2,1-5H3. The number of Topliss-reactive ketones (excluding diaryl/α,β-unsaturated/α-hetero) is 1. The van der Waals surface area contributed by atoms with Crippen molar-refractivity contribution in [2.24, 2.45) is 5.41 Å². The predicted molar refractivity (Wildman–Crippen MR) is 73.8 cm³/mol. The second-order valence-corrected chi connectivity index (χ2v) is 5.13. The Bertz CT molecular complexity index is 395. The fourth-order valence-corrected chi connectivity index (χ4v) is 1.46. The van der Waals surface area contributed by atoms with Gasteiger partial charge in [-0.15, -0.1) is 5.06 Å². The van der Waals surface area contributed by atoms with E-state index in [0.717, 1.165) is 24.3 Å². The van der Waals surface area contributed by atoms with Crippen LogP contribution in [0.25, 0.3) is 0 Å². The van der Waals surface area contributed by atoms with Gasteiger partial charge in [-0.1, -0.05) is 20.8 Å². The molecule has 3 heteroatoms. The highest BCUT2D eigenvalue weighted by atomic mass is 16.7. The fraction of sp³-hybridized carbons (Fsp3) is 0.533. The van der Waals surface area contributed by atoms with Gasteiger partial charge in [0.2, 0.25) is 0 Å². The maximum atomic E-state index is 12.2. The Labute approximate surface area is 110 Å². The molecule has 0 aliphatic rings. The lowest BCUT2D eigenvalue weighted by Crippen LogP contribution is -2.23. The quantitative estimate of drug-likeness (QED) is 0.570. The van der Waals surface area contributed by atoms with Crippen molar-refractivity contribution in [3.63, 3.8) is 0 Å². The number of hydrogen-bond donors (Lipinski definition) is 0. The lowest BCUT2D eigenvalue weighted by atomic mass is 9.82. The van der Waals surface area contributed by atoms with Crippen LogP contribution in [-0.4, -0.2) is 24.4 Å². The van der Waals surface area contributed by atoms with Gasteiger partial charge in [0.25, 0.3) is 0 Å². The highest BCUT2D eigenvalue weighted by molar-refractivity contribution is 6.00. The Hall–Kier alpha value is -1.35. The van der Waals surface area contributed by atoms with E-state index in [1.54, 1.807) is 5.06 Å². The summed E-state index contributed by atoms with van der Waals surface area (Å²) in [6.07, 6.45) is 0.836. The van der Waals surface area contributed by atoms with Gasteiger partial charge in [0.15, 0.2) is 5.78 Å². The molecule has 0 radical (unpaired) electrons. The van der Waals surface area contributed by atoms with Crippen LogP contribution < -0.4 is 4.84 Å². The largest absolute Gasteiger partial charge is 0.406 e. The Morgan fingerprint density at radius 2 is 1.78 bits per heavy atom. The first kappa shape index (κ1) is 14.7. The lowest BCUT2D eigenvalue weighted by molar-refractivity contribution is -0.0262. The molecule has 0 unspecified atom stereocenters. The van der Waals surface area contributed by atoms with Crippen LogP contribution in [0.3, 0.4) is 0 Å². The number of ketones is 1. The minimum absolute atomic E-state index is 0.181. The van der Waals surface area contributed by atoms with E-state index < -0.39 is 0 Å². The topological polar surface area (TPSA) is 29.5 Å². The molecule has 1 rings (SSSR count). The summed E-state index contributed by atoms with van der Waals surface area (Å²) in [5, 5.41) is 1.74. The summed E-state index contributed by atoms with van der Waals surface area (Å²) in [7, 11) is 1.87. The van der Waals surface area contributed by atoms with E-state index in [9.17, 15) is 4.79 Å². The molecule has 0 aliphatic heterocycles. The number of hydroxylamine groups is 2. The third-order valence-electron chi connectivity index (χ3n) is 3.32. The van der Waals surface area contributed by atoms with Crippen LogP contribution in [0.2, 0.25) is 0 Å². The van der Waals surface area contributed by atoms with E-state index in [0.29, 0.717) is 0 Å². The van der Waals surface area contributed by atoms with Gasteiger partial charge in [0.05, 0.1) is 0 Å². The summed E-state index contributed by atoms with van der Waals surface area (Å²) in [5.74, 6) is 0.936. The Morgan fingerprint density at radius 3 is 2.22 bits per heavy atom. The Balaban J connectivity index is 2.80. The third kappa shape index (κ3) is 3.57. The highest BCUT2D eigenvalue weighted by Gasteiger charge is 2.26. The summed E-state index contributed by atoms with van der Waals surface area (Å²) in [6.45, 7) is 8.81. The average Bonchev–Trinajstić information content (AvgIpc) is 2.38. The van der Waals surface area contributed by atoms with Crippen LogP contribution in [0.5, 0.6) is 5.75 Å². The van der Waals surface area contributed by atoms with Crippen LogP contribution in [-0.2, 0) is 0 Å². The van der Waals surface area contributed by atoms with Gasteiger partial charge in [-0.2, -0.15) is 0 Å². The molecule has 0 aliphatic carbocycles. The normalized spacial score (nSPS) is 11.7. The first-order valence-electron chi connectivity index (χ1n) is 6.44. The maximum Gasteiger partial charge on any atom is 0.168 e. The van der Waals surface area contributed by atoms with E-state index in [-0.39, 0.29) is 11.2 Å². The van der Waals surface area contributed by atoms with Crippen molar-refractivity contribution in [1.29, 1.82) is 0 Å². The number of carbonyl (C=O) groups is 1. The minimum Gasteiger partial charge on any atom is -0.406 e. The number of hydrogen-bond acceptors (Lipinski definition) is 3. The summed E-state index contributed by atoms with van der Waals surface area (Å²) in [4.78, 5) is 17.8. The molecular weight excluding hydrogens is 226 g/mol. The lowest BCUT2D eigenvalue weighted by Gasteiger charge is -2.21.